The lowest BCUT2D eigenvalue weighted by molar-refractivity contribution is -0.116. The van der Waals surface area contributed by atoms with Crippen molar-refractivity contribution in [3.63, 3.8) is 0 Å². The molecule has 0 saturated heterocycles. The number of amides is 2. The van der Waals surface area contributed by atoms with Gasteiger partial charge in [0.05, 0.1) is 0 Å². The second-order valence-electron chi connectivity index (χ2n) is 7.67. The third kappa shape index (κ3) is 6.90. The van der Waals surface area contributed by atoms with Gasteiger partial charge in [-0.1, -0.05) is 11.6 Å². The van der Waals surface area contributed by atoms with Gasteiger partial charge >= 0.3 is 6.09 Å². The first kappa shape index (κ1) is 22.4. The summed E-state index contributed by atoms with van der Waals surface area (Å²) in [7, 11) is 1.57. The van der Waals surface area contributed by atoms with Crippen molar-refractivity contribution in [1.29, 1.82) is 0 Å². The van der Waals surface area contributed by atoms with Gasteiger partial charge in [-0.15, -0.1) is 0 Å². The van der Waals surface area contributed by atoms with Gasteiger partial charge in [0.25, 0.3) is 0 Å². The van der Waals surface area contributed by atoms with Crippen LogP contribution in [0.15, 0.2) is 29.2 Å². The number of nitrogens with zero attached hydrogens (tertiary/aromatic N) is 2. The number of nitrogens with one attached hydrogen (secondary N) is 2. The third-order valence-corrected chi connectivity index (χ3v) is 4.08. The number of hydrogen-bond acceptors (Lipinski definition) is 5. The molecule has 0 radical (unpaired) electrons. The Hall–Kier alpha value is -2.87. The number of halogens is 1. The fourth-order valence-electron chi connectivity index (χ4n) is 2.47. The lowest BCUT2D eigenvalue weighted by Gasteiger charge is -2.24. The minimum absolute atomic E-state index is 0.0808. The number of pyridine rings is 2. The van der Waals surface area contributed by atoms with Gasteiger partial charge in [0.1, 0.15) is 16.6 Å². The van der Waals surface area contributed by atoms with Crippen LogP contribution in [0.4, 0.5) is 10.6 Å². The summed E-state index contributed by atoms with van der Waals surface area (Å²) in [5, 5.41) is 2.93. The highest BCUT2D eigenvalue weighted by Gasteiger charge is 2.20. The fraction of sp³-hybridized carbons (Fsp3) is 0.400. The number of rotatable bonds is 5. The van der Waals surface area contributed by atoms with E-state index in [-0.39, 0.29) is 29.6 Å². The maximum atomic E-state index is 12.3. The third-order valence-electron chi connectivity index (χ3n) is 3.87. The molecule has 2 heterocycles. The predicted molar refractivity (Wildman–Crippen MR) is 112 cm³/mol. The summed E-state index contributed by atoms with van der Waals surface area (Å²) in [5.41, 5.74) is 1.26. The van der Waals surface area contributed by atoms with Crippen molar-refractivity contribution in [3.05, 3.63) is 45.5 Å². The van der Waals surface area contributed by atoms with E-state index in [9.17, 15) is 14.4 Å². The van der Waals surface area contributed by atoms with E-state index in [0.29, 0.717) is 11.4 Å². The standard InChI is InChI=1S/C20H25ClN4O4/c1-12-11-22-16(10-14(12)13-8-15(21)23-18(27)9-13)24-17(26)6-7-25(5)19(28)29-20(2,3)4/h8-11H,6-7H2,1-5H3,(H,23,27)(H,22,24,26). The van der Waals surface area contributed by atoms with Gasteiger partial charge in [0, 0.05) is 32.3 Å². The summed E-state index contributed by atoms with van der Waals surface area (Å²) in [6, 6.07) is 4.73. The molecule has 0 aliphatic heterocycles. The number of aromatic amines is 1. The lowest BCUT2D eigenvalue weighted by atomic mass is 10.0. The van der Waals surface area contributed by atoms with E-state index in [2.05, 4.69) is 15.3 Å². The normalized spacial score (nSPS) is 11.1. The molecule has 0 aromatic carbocycles. The molecule has 2 amide bonds. The summed E-state index contributed by atoms with van der Waals surface area (Å²) >= 11 is 5.93. The number of H-pyrrole nitrogens is 1. The van der Waals surface area contributed by atoms with Gasteiger partial charge in [-0.2, -0.15) is 0 Å². The molecule has 29 heavy (non-hydrogen) atoms. The van der Waals surface area contributed by atoms with Gasteiger partial charge in [-0.05, 0) is 56.5 Å². The van der Waals surface area contributed by atoms with Crippen LogP contribution in [0.2, 0.25) is 5.15 Å². The van der Waals surface area contributed by atoms with Crippen LogP contribution in [0.3, 0.4) is 0 Å². The largest absolute Gasteiger partial charge is 0.444 e. The van der Waals surface area contributed by atoms with Gasteiger partial charge in [-0.25, -0.2) is 9.78 Å². The van der Waals surface area contributed by atoms with Crippen molar-refractivity contribution >= 4 is 29.4 Å². The Kier molecular flexibility index (Phi) is 7.02. The minimum Gasteiger partial charge on any atom is -0.444 e. The van der Waals surface area contributed by atoms with Crippen LogP contribution in [0.1, 0.15) is 32.8 Å². The number of aryl methyl sites for hydroxylation is 1. The zero-order valence-electron chi connectivity index (χ0n) is 17.1. The van der Waals surface area contributed by atoms with E-state index in [1.54, 1.807) is 46.1 Å². The average molecular weight is 421 g/mol. The molecule has 2 rings (SSSR count). The molecular weight excluding hydrogens is 396 g/mol. The SMILES string of the molecule is Cc1cnc(NC(=O)CCN(C)C(=O)OC(C)(C)C)cc1-c1cc(Cl)[nH]c(=O)c1. The van der Waals surface area contributed by atoms with Crippen LogP contribution in [0.5, 0.6) is 0 Å². The fourth-order valence-corrected chi connectivity index (χ4v) is 2.68. The molecule has 2 aromatic heterocycles. The number of carbonyl (C=O) groups excluding carboxylic acids is 2. The molecule has 156 valence electrons. The number of anilines is 1. The topological polar surface area (TPSA) is 104 Å². The van der Waals surface area contributed by atoms with Gasteiger partial charge in [0.15, 0.2) is 0 Å². The molecule has 0 spiro atoms. The summed E-state index contributed by atoms with van der Waals surface area (Å²) in [6.07, 6.45) is 1.19. The number of aromatic nitrogens is 2. The Labute approximate surface area is 174 Å². The number of hydrogen-bond donors (Lipinski definition) is 2. The maximum absolute atomic E-state index is 12.3. The van der Waals surface area contributed by atoms with E-state index in [1.807, 2.05) is 6.92 Å². The minimum atomic E-state index is -0.599. The van der Waals surface area contributed by atoms with E-state index in [1.165, 1.54) is 11.0 Å². The Morgan fingerprint density at radius 1 is 1.28 bits per heavy atom. The van der Waals surface area contributed by atoms with Crippen LogP contribution >= 0.6 is 11.6 Å². The molecule has 0 unspecified atom stereocenters. The van der Waals surface area contributed by atoms with E-state index < -0.39 is 11.7 Å². The predicted octanol–water partition coefficient (Wildman–Crippen LogP) is 3.59. The monoisotopic (exact) mass is 420 g/mol. The molecule has 0 atom stereocenters. The molecule has 0 bridgehead atoms. The van der Waals surface area contributed by atoms with Gasteiger partial charge < -0.3 is 19.9 Å². The quantitative estimate of drug-likeness (QED) is 0.719. The Bertz CT molecular complexity index is 966. The molecule has 9 heteroatoms. The highest BCUT2D eigenvalue weighted by atomic mass is 35.5. The van der Waals surface area contributed by atoms with Crippen molar-refractivity contribution in [1.82, 2.24) is 14.9 Å². The van der Waals surface area contributed by atoms with E-state index in [4.69, 9.17) is 16.3 Å². The second-order valence-corrected chi connectivity index (χ2v) is 8.07. The Morgan fingerprint density at radius 2 is 1.97 bits per heavy atom. The van der Waals surface area contributed by atoms with Crippen molar-refractivity contribution < 1.29 is 14.3 Å². The van der Waals surface area contributed by atoms with E-state index in [0.717, 1.165) is 11.1 Å². The molecular formula is C20H25ClN4O4. The van der Waals surface area contributed by atoms with Gasteiger partial charge in [0.2, 0.25) is 11.5 Å². The first-order valence-corrected chi connectivity index (χ1v) is 9.43. The number of carbonyl (C=O) groups is 2. The molecule has 0 aliphatic rings. The Balaban J connectivity index is 2.04. The molecule has 2 N–H and O–H groups in total. The van der Waals surface area contributed by atoms with Crippen LogP contribution in [0, 0.1) is 6.92 Å². The Morgan fingerprint density at radius 3 is 2.59 bits per heavy atom. The van der Waals surface area contributed by atoms with Crippen molar-refractivity contribution in [2.45, 2.75) is 39.7 Å². The zero-order chi connectivity index (χ0) is 21.8. The number of ether oxygens (including phenoxy) is 1. The van der Waals surface area contributed by atoms with Crippen molar-refractivity contribution in [2.75, 3.05) is 18.9 Å². The summed E-state index contributed by atoms with van der Waals surface area (Å²) in [4.78, 5) is 43.9. The highest BCUT2D eigenvalue weighted by molar-refractivity contribution is 6.29. The maximum Gasteiger partial charge on any atom is 0.410 e. The molecule has 0 aliphatic carbocycles. The molecule has 0 saturated carbocycles. The summed E-state index contributed by atoms with van der Waals surface area (Å²) in [5.74, 6) is 0.0404. The van der Waals surface area contributed by atoms with Crippen LogP contribution in [-0.4, -0.2) is 46.1 Å². The van der Waals surface area contributed by atoms with Crippen LogP contribution < -0.4 is 10.9 Å². The molecule has 8 nitrogen and oxygen atoms in total. The van der Waals surface area contributed by atoms with Crippen LogP contribution in [-0.2, 0) is 9.53 Å². The average Bonchev–Trinajstić information content (AvgIpc) is 2.59. The summed E-state index contributed by atoms with van der Waals surface area (Å²) < 4.78 is 5.25. The molecule has 0 fully saturated rings. The summed E-state index contributed by atoms with van der Waals surface area (Å²) in [6.45, 7) is 7.38. The van der Waals surface area contributed by atoms with Gasteiger partial charge in [-0.3, -0.25) is 9.59 Å². The molecule has 2 aromatic rings. The first-order valence-electron chi connectivity index (χ1n) is 9.05. The lowest BCUT2D eigenvalue weighted by Crippen LogP contribution is -2.35. The van der Waals surface area contributed by atoms with Crippen molar-refractivity contribution in [2.24, 2.45) is 0 Å². The van der Waals surface area contributed by atoms with Crippen LogP contribution in [0.25, 0.3) is 11.1 Å². The smallest absolute Gasteiger partial charge is 0.410 e. The highest BCUT2D eigenvalue weighted by Crippen LogP contribution is 2.25. The second kappa shape index (κ2) is 9.09. The van der Waals surface area contributed by atoms with Crippen molar-refractivity contribution in [3.8, 4) is 11.1 Å². The van der Waals surface area contributed by atoms with E-state index >= 15 is 0 Å². The first-order chi connectivity index (χ1) is 13.4. The zero-order valence-corrected chi connectivity index (χ0v) is 17.9.